The lowest BCUT2D eigenvalue weighted by molar-refractivity contribution is -0.129. The highest BCUT2D eigenvalue weighted by molar-refractivity contribution is 9.10. The van der Waals surface area contributed by atoms with Gasteiger partial charge in [-0.2, -0.15) is 0 Å². The summed E-state index contributed by atoms with van der Waals surface area (Å²) >= 11 is 3.28. The second-order valence-corrected chi connectivity index (χ2v) is 6.18. The lowest BCUT2D eigenvalue weighted by Gasteiger charge is -2.17. The zero-order chi connectivity index (χ0) is 15.4. The summed E-state index contributed by atoms with van der Waals surface area (Å²) in [5.41, 5.74) is 6.33. The van der Waals surface area contributed by atoms with Gasteiger partial charge < -0.3 is 15.8 Å². The molecule has 0 saturated heterocycles. The van der Waals surface area contributed by atoms with E-state index in [1.54, 1.807) is 25.1 Å². The van der Waals surface area contributed by atoms with Crippen molar-refractivity contribution in [3.05, 3.63) is 28.2 Å². The minimum Gasteiger partial charge on any atom is -0.449 e. The van der Waals surface area contributed by atoms with Crippen molar-refractivity contribution < 1.29 is 14.3 Å². The number of amides is 1. The Labute approximate surface area is 132 Å². The van der Waals surface area contributed by atoms with Crippen LogP contribution in [0.3, 0.4) is 0 Å². The van der Waals surface area contributed by atoms with Crippen LogP contribution >= 0.6 is 15.9 Å². The third-order valence-electron chi connectivity index (χ3n) is 3.59. The Morgan fingerprint density at radius 2 is 2.05 bits per heavy atom. The number of nitrogen functional groups attached to an aromatic ring is 1. The van der Waals surface area contributed by atoms with Crippen LogP contribution < -0.4 is 11.1 Å². The van der Waals surface area contributed by atoms with Crippen LogP contribution in [0.4, 0.5) is 5.69 Å². The summed E-state index contributed by atoms with van der Waals surface area (Å²) in [7, 11) is 0. The van der Waals surface area contributed by atoms with Crippen molar-refractivity contribution in [2.24, 2.45) is 0 Å². The number of rotatable bonds is 4. The van der Waals surface area contributed by atoms with Crippen LogP contribution in [0.2, 0.25) is 0 Å². The minimum absolute atomic E-state index is 0.203. The SMILES string of the molecule is C[C@H](OC(=O)c1cc(Br)ccc1N)C(=O)NC1CCCC1. The van der Waals surface area contributed by atoms with E-state index in [1.165, 1.54) is 0 Å². The molecule has 114 valence electrons. The molecule has 3 N–H and O–H groups in total. The summed E-state index contributed by atoms with van der Waals surface area (Å²) in [6.45, 7) is 1.57. The molecule has 0 aliphatic heterocycles. The van der Waals surface area contributed by atoms with Gasteiger partial charge in [-0.25, -0.2) is 4.79 Å². The highest BCUT2D eigenvalue weighted by Crippen LogP contribution is 2.20. The first kappa shape index (κ1) is 15.8. The van der Waals surface area contributed by atoms with E-state index in [1.807, 2.05) is 0 Å². The monoisotopic (exact) mass is 354 g/mol. The fourth-order valence-electron chi connectivity index (χ4n) is 2.37. The normalized spacial score (nSPS) is 16.5. The van der Waals surface area contributed by atoms with Crippen LogP contribution in [0, 0.1) is 0 Å². The number of carbonyl (C=O) groups is 2. The van der Waals surface area contributed by atoms with Gasteiger partial charge in [0.2, 0.25) is 0 Å². The van der Waals surface area contributed by atoms with Gasteiger partial charge in [0, 0.05) is 16.2 Å². The highest BCUT2D eigenvalue weighted by atomic mass is 79.9. The Morgan fingerprint density at radius 3 is 2.71 bits per heavy atom. The van der Waals surface area contributed by atoms with Gasteiger partial charge in [0.1, 0.15) is 0 Å². The van der Waals surface area contributed by atoms with E-state index < -0.39 is 12.1 Å². The molecule has 0 heterocycles. The molecule has 1 saturated carbocycles. The van der Waals surface area contributed by atoms with E-state index >= 15 is 0 Å². The smallest absolute Gasteiger partial charge is 0.341 e. The van der Waals surface area contributed by atoms with Crippen LogP contribution in [-0.2, 0) is 9.53 Å². The van der Waals surface area contributed by atoms with Gasteiger partial charge in [-0.1, -0.05) is 28.8 Å². The summed E-state index contributed by atoms with van der Waals surface area (Å²) in [5.74, 6) is -0.855. The zero-order valence-corrected chi connectivity index (χ0v) is 13.5. The molecule has 0 aromatic heterocycles. The molecule has 1 atom stereocenters. The Kier molecular flexibility index (Phi) is 5.22. The van der Waals surface area contributed by atoms with Crippen LogP contribution in [0.1, 0.15) is 43.0 Å². The third kappa shape index (κ3) is 4.20. The zero-order valence-electron chi connectivity index (χ0n) is 11.9. The number of nitrogens with one attached hydrogen (secondary N) is 1. The summed E-state index contributed by atoms with van der Waals surface area (Å²) in [6.07, 6.45) is 3.41. The van der Waals surface area contributed by atoms with E-state index in [0.29, 0.717) is 5.69 Å². The lowest BCUT2D eigenvalue weighted by atomic mass is 10.2. The van der Waals surface area contributed by atoms with Crippen molar-refractivity contribution in [2.45, 2.75) is 44.8 Å². The van der Waals surface area contributed by atoms with Crippen molar-refractivity contribution >= 4 is 33.5 Å². The predicted molar refractivity (Wildman–Crippen MR) is 83.8 cm³/mol. The second-order valence-electron chi connectivity index (χ2n) is 5.27. The molecule has 1 fully saturated rings. The third-order valence-corrected chi connectivity index (χ3v) is 4.08. The molecule has 1 amide bonds. The fraction of sp³-hybridized carbons (Fsp3) is 0.467. The van der Waals surface area contributed by atoms with Gasteiger partial charge in [-0.3, -0.25) is 4.79 Å². The number of benzene rings is 1. The first-order valence-corrected chi connectivity index (χ1v) is 7.83. The molecule has 0 unspecified atom stereocenters. The molecule has 1 aliphatic carbocycles. The number of ether oxygens (including phenoxy) is 1. The Bertz CT molecular complexity index is 542. The minimum atomic E-state index is -0.837. The number of esters is 1. The molecule has 5 nitrogen and oxygen atoms in total. The van der Waals surface area contributed by atoms with Crippen LogP contribution in [0.5, 0.6) is 0 Å². The van der Waals surface area contributed by atoms with Gasteiger partial charge in [-0.05, 0) is 38.0 Å². The van der Waals surface area contributed by atoms with Crippen molar-refractivity contribution in [1.82, 2.24) is 5.32 Å². The van der Waals surface area contributed by atoms with Crippen LogP contribution in [-0.4, -0.2) is 24.0 Å². The summed E-state index contributed by atoms with van der Waals surface area (Å²) in [6, 6.07) is 5.14. The van der Waals surface area contributed by atoms with Crippen molar-refractivity contribution in [3.8, 4) is 0 Å². The van der Waals surface area contributed by atoms with Crippen LogP contribution in [0.25, 0.3) is 0 Å². The molecule has 1 aromatic rings. The number of anilines is 1. The van der Waals surface area contributed by atoms with Crippen molar-refractivity contribution in [2.75, 3.05) is 5.73 Å². The van der Waals surface area contributed by atoms with Crippen molar-refractivity contribution in [3.63, 3.8) is 0 Å². The molecule has 0 bridgehead atoms. The number of nitrogens with two attached hydrogens (primary N) is 1. The number of hydrogen-bond donors (Lipinski definition) is 2. The van der Waals surface area contributed by atoms with E-state index in [4.69, 9.17) is 10.5 Å². The molecule has 2 rings (SSSR count). The molecule has 0 spiro atoms. The first-order valence-electron chi connectivity index (χ1n) is 7.03. The highest BCUT2D eigenvalue weighted by Gasteiger charge is 2.24. The summed E-state index contributed by atoms with van der Waals surface area (Å²) < 4.78 is 5.92. The first-order chi connectivity index (χ1) is 9.97. The van der Waals surface area contributed by atoms with Gasteiger partial charge in [0.25, 0.3) is 5.91 Å². The maximum atomic E-state index is 12.1. The standard InChI is InChI=1S/C15H19BrN2O3/c1-9(14(19)18-11-4-2-3-5-11)21-15(20)12-8-10(16)6-7-13(12)17/h6-9,11H,2-5,17H2,1H3,(H,18,19)/t9-/m0/s1. The molecule has 1 aliphatic rings. The molecule has 21 heavy (non-hydrogen) atoms. The van der Waals surface area contributed by atoms with E-state index in [-0.39, 0.29) is 17.5 Å². The van der Waals surface area contributed by atoms with Crippen molar-refractivity contribution in [1.29, 1.82) is 0 Å². The average molecular weight is 355 g/mol. The number of hydrogen-bond acceptors (Lipinski definition) is 4. The van der Waals surface area contributed by atoms with Gasteiger partial charge >= 0.3 is 5.97 Å². The van der Waals surface area contributed by atoms with E-state index in [9.17, 15) is 9.59 Å². The molecule has 0 radical (unpaired) electrons. The van der Waals surface area contributed by atoms with Gasteiger partial charge in [-0.15, -0.1) is 0 Å². The summed E-state index contributed by atoms with van der Waals surface area (Å²) in [5, 5.41) is 2.90. The largest absolute Gasteiger partial charge is 0.449 e. The average Bonchev–Trinajstić information content (AvgIpc) is 2.94. The Balaban J connectivity index is 1.94. The quantitative estimate of drug-likeness (QED) is 0.643. The lowest BCUT2D eigenvalue weighted by Crippen LogP contribution is -2.40. The van der Waals surface area contributed by atoms with Gasteiger partial charge in [0.15, 0.2) is 6.10 Å². The molecular formula is C15H19BrN2O3. The van der Waals surface area contributed by atoms with Crippen LogP contribution in [0.15, 0.2) is 22.7 Å². The maximum Gasteiger partial charge on any atom is 0.341 e. The van der Waals surface area contributed by atoms with Gasteiger partial charge in [0.05, 0.1) is 5.56 Å². The molecular weight excluding hydrogens is 336 g/mol. The summed E-state index contributed by atoms with van der Waals surface area (Å²) in [4.78, 5) is 24.1. The Hall–Kier alpha value is -1.56. The second kappa shape index (κ2) is 6.93. The maximum absolute atomic E-state index is 12.1. The number of halogens is 1. The molecule has 6 heteroatoms. The van der Waals surface area contributed by atoms with E-state index in [0.717, 1.165) is 30.2 Å². The van der Waals surface area contributed by atoms with E-state index in [2.05, 4.69) is 21.2 Å². The Morgan fingerprint density at radius 1 is 1.38 bits per heavy atom. The fourth-order valence-corrected chi connectivity index (χ4v) is 2.73. The topological polar surface area (TPSA) is 81.4 Å². The predicted octanol–water partition coefficient (Wildman–Crippen LogP) is 2.64. The molecule has 1 aromatic carbocycles. The number of carbonyl (C=O) groups excluding carboxylic acids is 2.